The van der Waals surface area contributed by atoms with Crippen molar-refractivity contribution in [3.05, 3.63) is 24.0 Å². The minimum absolute atomic E-state index is 0.0942. The van der Waals surface area contributed by atoms with Gasteiger partial charge >= 0.3 is 0 Å². The molecule has 6 heteroatoms. The highest BCUT2D eigenvalue weighted by Crippen LogP contribution is 2.33. The molecule has 1 amide bonds. The summed E-state index contributed by atoms with van der Waals surface area (Å²) in [6, 6.07) is 4.08. The number of fused-ring (bicyclic) bond motifs is 1. The van der Waals surface area contributed by atoms with E-state index in [0.717, 1.165) is 61.8 Å². The number of aromatic nitrogens is 3. The zero-order chi connectivity index (χ0) is 17.3. The van der Waals surface area contributed by atoms with Gasteiger partial charge in [0.25, 0.3) is 0 Å². The normalized spacial score (nSPS) is 23.7. The van der Waals surface area contributed by atoms with Crippen molar-refractivity contribution in [2.75, 3.05) is 13.1 Å². The summed E-state index contributed by atoms with van der Waals surface area (Å²) in [5.41, 5.74) is 1.04. The molecule has 2 aromatic heterocycles. The van der Waals surface area contributed by atoms with E-state index in [9.17, 15) is 9.90 Å². The average Bonchev–Trinajstić information content (AvgIpc) is 3.10. The van der Waals surface area contributed by atoms with Crippen LogP contribution in [-0.4, -0.2) is 49.8 Å². The van der Waals surface area contributed by atoms with Gasteiger partial charge in [0.15, 0.2) is 5.65 Å². The number of hydrogen-bond acceptors (Lipinski definition) is 4. The lowest BCUT2D eigenvalue weighted by Crippen LogP contribution is -2.44. The maximum absolute atomic E-state index is 12.7. The van der Waals surface area contributed by atoms with Crippen LogP contribution in [-0.2, 0) is 4.79 Å². The summed E-state index contributed by atoms with van der Waals surface area (Å²) in [6.07, 6.45) is 8.81. The minimum Gasteiger partial charge on any atom is -0.389 e. The molecule has 1 aliphatic heterocycles. The average molecular weight is 342 g/mol. The summed E-state index contributed by atoms with van der Waals surface area (Å²) in [6.45, 7) is 1.49. The van der Waals surface area contributed by atoms with Gasteiger partial charge in [-0.3, -0.25) is 9.89 Å². The molecule has 2 fully saturated rings. The van der Waals surface area contributed by atoms with E-state index >= 15 is 0 Å². The van der Waals surface area contributed by atoms with Crippen LogP contribution < -0.4 is 0 Å². The van der Waals surface area contributed by atoms with Crippen LogP contribution in [0.5, 0.6) is 0 Å². The van der Waals surface area contributed by atoms with Gasteiger partial charge in [0.1, 0.15) is 0 Å². The lowest BCUT2D eigenvalue weighted by Gasteiger charge is -2.37. The molecule has 2 N–H and O–H groups in total. The number of amides is 1. The number of piperidine rings is 1. The number of hydrogen-bond donors (Lipinski definition) is 2. The zero-order valence-corrected chi connectivity index (χ0v) is 14.6. The molecule has 2 aromatic rings. The van der Waals surface area contributed by atoms with Crippen molar-refractivity contribution in [2.24, 2.45) is 0 Å². The van der Waals surface area contributed by atoms with Crippen LogP contribution in [0.3, 0.4) is 0 Å². The monoisotopic (exact) mass is 342 g/mol. The van der Waals surface area contributed by atoms with Gasteiger partial charge in [-0.25, -0.2) is 4.98 Å². The van der Waals surface area contributed by atoms with Crippen molar-refractivity contribution in [1.29, 1.82) is 0 Å². The molecule has 2 aliphatic rings. The van der Waals surface area contributed by atoms with Crippen LogP contribution in [0.15, 0.2) is 18.3 Å². The number of H-pyrrole nitrogens is 1. The van der Waals surface area contributed by atoms with Crippen LogP contribution in [0.25, 0.3) is 11.0 Å². The van der Waals surface area contributed by atoms with Gasteiger partial charge in [0, 0.05) is 30.1 Å². The van der Waals surface area contributed by atoms with E-state index in [1.165, 1.54) is 6.42 Å². The third-order valence-corrected chi connectivity index (χ3v) is 5.78. The Hall–Kier alpha value is -1.95. The number of aromatic amines is 1. The van der Waals surface area contributed by atoms with Crippen molar-refractivity contribution < 1.29 is 9.90 Å². The van der Waals surface area contributed by atoms with E-state index in [1.54, 1.807) is 6.20 Å². The SMILES string of the molecule is O=C(CC1(O)CCCCC1)N1CCC[C@@H](c2ccc3cn[nH]c3n2)C1. The predicted molar refractivity (Wildman–Crippen MR) is 95.1 cm³/mol. The Balaban J connectivity index is 1.44. The maximum atomic E-state index is 12.7. The van der Waals surface area contributed by atoms with E-state index in [2.05, 4.69) is 15.2 Å². The van der Waals surface area contributed by atoms with E-state index in [0.29, 0.717) is 6.54 Å². The maximum Gasteiger partial charge on any atom is 0.225 e. The van der Waals surface area contributed by atoms with Crippen LogP contribution in [0.2, 0.25) is 0 Å². The topological polar surface area (TPSA) is 82.1 Å². The summed E-state index contributed by atoms with van der Waals surface area (Å²) in [5.74, 6) is 0.350. The van der Waals surface area contributed by atoms with E-state index < -0.39 is 5.60 Å². The largest absolute Gasteiger partial charge is 0.389 e. The molecular weight excluding hydrogens is 316 g/mol. The molecule has 4 rings (SSSR count). The molecule has 1 aliphatic carbocycles. The Bertz CT molecular complexity index is 751. The lowest BCUT2D eigenvalue weighted by atomic mass is 9.82. The third-order valence-electron chi connectivity index (χ3n) is 5.78. The molecule has 134 valence electrons. The highest BCUT2D eigenvalue weighted by Gasteiger charge is 2.35. The fourth-order valence-corrected chi connectivity index (χ4v) is 4.29. The van der Waals surface area contributed by atoms with Gasteiger partial charge < -0.3 is 10.0 Å². The molecule has 0 aromatic carbocycles. The molecule has 25 heavy (non-hydrogen) atoms. The van der Waals surface area contributed by atoms with Crippen LogP contribution in [0.1, 0.15) is 63.0 Å². The molecule has 6 nitrogen and oxygen atoms in total. The summed E-state index contributed by atoms with van der Waals surface area (Å²) >= 11 is 0. The predicted octanol–water partition coefficient (Wildman–Crippen LogP) is 2.75. The van der Waals surface area contributed by atoms with Crippen LogP contribution in [0.4, 0.5) is 0 Å². The Morgan fingerprint density at radius 2 is 2.12 bits per heavy atom. The molecular formula is C19H26N4O2. The second kappa shape index (κ2) is 6.75. The molecule has 1 atom stereocenters. The van der Waals surface area contributed by atoms with Gasteiger partial charge in [-0.1, -0.05) is 19.3 Å². The number of aliphatic hydroxyl groups is 1. The van der Waals surface area contributed by atoms with Gasteiger partial charge in [0.05, 0.1) is 18.2 Å². The van der Waals surface area contributed by atoms with E-state index in [-0.39, 0.29) is 18.2 Å². The van der Waals surface area contributed by atoms with Crippen molar-refractivity contribution in [2.45, 2.75) is 62.9 Å². The van der Waals surface area contributed by atoms with Crippen molar-refractivity contribution >= 4 is 16.9 Å². The quantitative estimate of drug-likeness (QED) is 0.898. The first kappa shape index (κ1) is 16.5. The molecule has 0 spiro atoms. The lowest BCUT2D eigenvalue weighted by molar-refractivity contribution is -0.139. The van der Waals surface area contributed by atoms with E-state index in [1.807, 2.05) is 17.0 Å². The van der Waals surface area contributed by atoms with Gasteiger partial charge in [0.2, 0.25) is 5.91 Å². The highest BCUT2D eigenvalue weighted by molar-refractivity contribution is 5.77. The first-order valence-corrected chi connectivity index (χ1v) is 9.43. The standard InChI is InChI=1S/C19H26N4O2/c24-17(11-19(25)8-2-1-3-9-19)23-10-4-5-15(13-23)16-7-6-14-12-20-22-18(14)21-16/h6-7,12,15,25H,1-5,8-11,13H2,(H,20,21,22)/t15-/m1/s1. The zero-order valence-electron chi connectivity index (χ0n) is 14.6. The molecule has 1 saturated carbocycles. The minimum atomic E-state index is -0.782. The first-order chi connectivity index (χ1) is 12.1. The van der Waals surface area contributed by atoms with Crippen LogP contribution >= 0.6 is 0 Å². The Morgan fingerprint density at radius 1 is 1.28 bits per heavy atom. The molecule has 3 heterocycles. The summed E-state index contributed by atoms with van der Waals surface area (Å²) in [5, 5.41) is 18.6. The fourth-order valence-electron chi connectivity index (χ4n) is 4.29. The van der Waals surface area contributed by atoms with Crippen molar-refractivity contribution in [3.8, 4) is 0 Å². The van der Waals surface area contributed by atoms with Crippen LogP contribution in [0, 0.1) is 0 Å². The third kappa shape index (κ3) is 3.54. The number of nitrogens with one attached hydrogen (secondary N) is 1. The summed E-state index contributed by atoms with van der Waals surface area (Å²) in [4.78, 5) is 19.4. The number of carbonyl (C=O) groups excluding carboxylic acids is 1. The Kier molecular flexibility index (Phi) is 4.46. The van der Waals surface area contributed by atoms with Gasteiger partial charge in [-0.05, 0) is 37.8 Å². The van der Waals surface area contributed by atoms with Gasteiger partial charge in [-0.2, -0.15) is 5.10 Å². The highest BCUT2D eigenvalue weighted by atomic mass is 16.3. The van der Waals surface area contributed by atoms with E-state index in [4.69, 9.17) is 0 Å². The second-order valence-corrected chi connectivity index (χ2v) is 7.68. The second-order valence-electron chi connectivity index (χ2n) is 7.68. The smallest absolute Gasteiger partial charge is 0.225 e. The first-order valence-electron chi connectivity index (χ1n) is 9.43. The summed E-state index contributed by atoms with van der Waals surface area (Å²) in [7, 11) is 0. The molecule has 0 unspecified atom stereocenters. The van der Waals surface area contributed by atoms with Crippen molar-refractivity contribution in [1.82, 2.24) is 20.1 Å². The molecule has 0 bridgehead atoms. The number of likely N-dealkylation sites (tertiary alicyclic amines) is 1. The summed E-state index contributed by atoms with van der Waals surface area (Å²) < 4.78 is 0. The number of pyridine rings is 1. The molecule has 1 saturated heterocycles. The number of rotatable bonds is 3. The van der Waals surface area contributed by atoms with Gasteiger partial charge in [-0.15, -0.1) is 0 Å². The fraction of sp³-hybridized carbons (Fsp3) is 0.632. The van der Waals surface area contributed by atoms with Crippen molar-refractivity contribution in [3.63, 3.8) is 0 Å². The molecule has 0 radical (unpaired) electrons. The Morgan fingerprint density at radius 3 is 2.96 bits per heavy atom. The number of carbonyl (C=O) groups is 1. The Labute approximate surface area is 147 Å². The number of nitrogens with zero attached hydrogens (tertiary/aromatic N) is 3.